The SMILES string of the molecule is C#CCN(CCC(=O)O)C(C(=O)O)C(C)C. The molecule has 0 aromatic carbocycles. The van der Waals surface area contributed by atoms with Gasteiger partial charge in [-0.15, -0.1) is 6.42 Å². The van der Waals surface area contributed by atoms with Crippen LogP contribution in [0.1, 0.15) is 20.3 Å². The third-order valence-electron chi connectivity index (χ3n) is 2.19. The summed E-state index contributed by atoms with van der Waals surface area (Å²) in [7, 11) is 0. The molecule has 5 heteroatoms. The van der Waals surface area contributed by atoms with Crippen LogP contribution < -0.4 is 0 Å². The second-order valence-corrected chi connectivity index (χ2v) is 3.85. The van der Waals surface area contributed by atoms with Gasteiger partial charge in [-0.2, -0.15) is 0 Å². The average Bonchev–Trinajstić information content (AvgIpc) is 2.13. The van der Waals surface area contributed by atoms with E-state index in [-0.39, 0.29) is 25.4 Å². The van der Waals surface area contributed by atoms with Crippen molar-refractivity contribution >= 4 is 11.9 Å². The van der Waals surface area contributed by atoms with Crippen LogP contribution in [-0.2, 0) is 9.59 Å². The van der Waals surface area contributed by atoms with Crippen molar-refractivity contribution in [1.82, 2.24) is 4.90 Å². The lowest BCUT2D eigenvalue weighted by Crippen LogP contribution is -2.45. The number of nitrogens with zero attached hydrogens (tertiary/aromatic N) is 1. The van der Waals surface area contributed by atoms with Crippen LogP contribution >= 0.6 is 0 Å². The van der Waals surface area contributed by atoms with Crippen LogP contribution in [0.15, 0.2) is 0 Å². The molecule has 0 saturated carbocycles. The molecule has 0 spiro atoms. The maximum atomic E-state index is 11.0. The highest BCUT2D eigenvalue weighted by Crippen LogP contribution is 2.11. The average molecular weight is 227 g/mol. The first kappa shape index (κ1) is 14.5. The Balaban J connectivity index is 4.65. The van der Waals surface area contributed by atoms with Crippen molar-refractivity contribution < 1.29 is 19.8 Å². The molecule has 90 valence electrons. The summed E-state index contributed by atoms with van der Waals surface area (Å²) in [5.74, 6) is 0.287. The predicted octanol–water partition coefficient (Wildman–Crippen LogP) is 0.505. The highest BCUT2D eigenvalue weighted by Gasteiger charge is 2.28. The lowest BCUT2D eigenvalue weighted by molar-refractivity contribution is -0.146. The smallest absolute Gasteiger partial charge is 0.321 e. The highest BCUT2D eigenvalue weighted by molar-refractivity contribution is 5.74. The van der Waals surface area contributed by atoms with Crippen molar-refractivity contribution in [2.45, 2.75) is 26.3 Å². The van der Waals surface area contributed by atoms with Crippen LogP contribution in [0.4, 0.5) is 0 Å². The number of aliphatic carboxylic acids is 2. The lowest BCUT2D eigenvalue weighted by Gasteiger charge is -2.29. The van der Waals surface area contributed by atoms with E-state index >= 15 is 0 Å². The zero-order chi connectivity index (χ0) is 12.7. The summed E-state index contributed by atoms with van der Waals surface area (Å²) in [4.78, 5) is 23.0. The zero-order valence-electron chi connectivity index (χ0n) is 9.51. The van der Waals surface area contributed by atoms with E-state index in [1.807, 2.05) is 0 Å². The summed E-state index contributed by atoms with van der Waals surface area (Å²) in [6, 6.07) is -0.740. The Morgan fingerprint density at radius 3 is 2.25 bits per heavy atom. The van der Waals surface area contributed by atoms with Crippen molar-refractivity contribution in [2.24, 2.45) is 5.92 Å². The Hall–Kier alpha value is -1.54. The van der Waals surface area contributed by atoms with Crippen LogP contribution in [0.25, 0.3) is 0 Å². The molecule has 0 bridgehead atoms. The molecule has 1 unspecified atom stereocenters. The monoisotopic (exact) mass is 227 g/mol. The first-order valence-electron chi connectivity index (χ1n) is 5.02. The molecule has 0 aliphatic rings. The molecule has 5 nitrogen and oxygen atoms in total. The van der Waals surface area contributed by atoms with E-state index in [0.717, 1.165) is 0 Å². The van der Waals surface area contributed by atoms with Crippen LogP contribution in [0.2, 0.25) is 0 Å². The number of hydrogen-bond acceptors (Lipinski definition) is 3. The number of carbonyl (C=O) groups is 2. The molecule has 0 saturated heterocycles. The third-order valence-corrected chi connectivity index (χ3v) is 2.19. The van der Waals surface area contributed by atoms with E-state index in [2.05, 4.69) is 5.92 Å². The fourth-order valence-electron chi connectivity index (χ4n) is 1.54. The molecule has 1 atom stereocenters. The molecule has 0 fully saturated rings. The van der Waals surface area contributed by atoms with E-state index in [1.165, 1.54) is 4.90 Å². The number of carboxylic acid groups (broad SMARTS) is 2. The molecule has 2 N–H and O–H groups in total. The van der Waals surface area contributed by atoms with Gasteiger partial charge in [0, 0.05) is 6.54 Å². The van der Waals surface area contributed by atoms with Gasteiger partial charge < -0.3 is 10.2 Å². The Bertz CT molecular complexity index is 293. The van der Waals surface area contributed by atoms with Gasteiger partial charge in [0.25, 0.3) is 0 Å². The first-order chi connectivity index (χ1) is 7.40. The number of hydrogen-bond donors (Lipinski definition) is 2. The topological polar surface area (TPSA) is 77.8 Å². The minimum Gasteiger partial charge on any atom is -0.481 e. The number of terminal acetylenes is 1. The maximum absolute atomic E-state index is 11.0. The molecule has 0 aliphatic heterocycles. The zero-order valence-corrected chi connectivity index (χ0v) is 9.51. The van der Waals surface area contributed by atoms with Crippen LogP contribution in [0.3, 0.4) is 0 Å². The highest BCUT2D eigenvalue weighted by atomic mass is 16.4. The maximum Gasteiger partial charge on any atom is 0.321 e. The largest absolute Gasteiger partial charge is 0.481 e. The minimum absolute atomic E-state index is 0.113. The van der Waals surface area contributed by atoms with Gasteiger partial charge in [0.15, 0.2) is 0 Å². The molecule has 16 heavy (non-hydrogen) atoms. The lowest BCUT2D eigenvalue weighted by atomic mass is 10.0. The van der Waals surface area contributed by atoms with Crippen molar-refractivity contribution in [2.75, 3.05) is 13.1 Å². The fraction of sp³-hybridized carbons (Fsp3) is 0.636. The van der Waals surface area contributed by atoms with Gasteiger partial charge in [-0.3, -0.25) is 14.5 Å². The summed E-state index contributed by atoms with van der Waals surface area (Å²) in [6.45, 7) is 3.82. The van der Waals surface area contributed by atoms with Crippen molar-refractivity contribution in [1.29, 1.82) is 0 Å². The van der Waals surface area contributed by atoms with E-state index in [9.17, 15) is 9.59 Å². The molecular formula is C11H17NO4. The predicted molar refractivity (Wildman–Crippen MR) is 58.9 cm³/mol. The van der Waals surface area contributed by atoms with Gasteiger partial charge in [0.2, 0.25) is 0 Å². The quantitative estimate of drug-likeness (QED) is 0.619. The second kappa shape index (κ2) is 6.85. The minimum atomic E-state index is -0.976. The normalized spacial score (nSPS) is 12.4. The molecular weight excluding hydrogens is 210 g/mol. The van der Waals surface area contributed by atoms with Crippen LogP contribution in [0, 0.1) is 18.3 Å². The third kappa shape index (κ3) is 4.80. The summed E-state index contributed by atoms with van der Waals surface area (Å²) < 4.78 is 0. The Labute approximate surface area is 95.1 Å². The van der Waals surface area contributed by atoms with Gasteiger partial charge in [-0.05, 0) is 5.92 Å². The van der Waals surface area contributed by atoms with Gasteiger partial charge in [0.1, 0.15) is 6.04 Å². The van der Waals surface area contributed by atoms with Gasteiger partial charge in [-0.1, -0.05) is 19.8 Å². The molecule has 0 amide bonds. The van der Waals surface area contributed by atoms with E-state index < -0.39 is 18.0 Å². The Kier molecular flexibility index (Phi) is 6.19. The van der Waals surface area contributed by atoms with Gasteiger partial charge in [-0.25, -0.2) is 0 Å². The molecule has 0 aromatic heterocycles. The number of rotatable bonds is 7. The van der Waals surface area contributed by atoms with Gasteiger partial charge in [0.05, 0.1) is 13.0 Å². The summed E-state index contributed by atoms with van der Waals surface area (Å²) >= 11 is 0. The van der Waals surface area contributed by atoms with E-state index in [4.69, 9.17) is 16.6 Å². The van der Waals surface area contributed by atoms with Gasteiger partial charge >= 0.3 is 11.9 Å². The van der Waals surface area contributed by atoms with Crippen molar-refractivity contribution in [3.05, 3.63) is 0 Å². The summed E-state index contributed by atoms with van der Waals surface area (Å²) in [5, 5.41) is 17.6. The standard InChI is InChI=1S/C11H17NO4/c1-4-6-12(7-5-9(13)14)10(8(2)3)11(15)16/h1,8,10H,5-7H2,2-3H3,(H,13,14)(H,15,16). The molecule has 0 radical (unpaired) electrons. The molecule has 0 aromatic rings. The van der Waals surface area contributed by atoms with Crippen LogP contribution in [-0.4, -0.2) is 46.2 Å². The summed E-state index contributed by atoms with van der Waals surface area (Å²) in [6.07, 6.45) is 5.03. The number of carboxylic acids is 2. The van der Waals surface area contributed by atoms with Crippen LogP contribution in [0.5, 0.6) is 0 Å². The fourth-order valence-corrected chi connectivity index (χ4v) is 1.54. The van der Waals surface area contributed by atoms with Crippen molar-refractivity contribution in [3.8, 4) is 12.3 Å². The summed E-state index contributed by atoms with van der Waals surface area (Å²) in [5.41, 5.74) is 0. The Morgan fingerprint density at radius 1 is 1.38 bits per heavy atom. The molecule has 0 aliphatic carbocycles. The first-order valence-corrected chi connectivity index (χ1v) is 5.02. The second-order valence-electron chi connectivity index (χ2n) is 3.85. The van der Waals surface area contributed by atoms with Crippen molar-refractivity contribution in [3.63, 3.8) is 0 Å². The molecule has 0 heterocycles. The molecule has 0 rings (SSSR count). The Morgan fingerprint density at radius 2 is 1.94 bits per heavy atom. The van der Waals surface area contributed by atoms with E-state index in [1.54, 1.807) is 13.8 Å². The van der Waals surface area contributed by atoms with E-state index in [0.29, 0.717) is 0 Å².